The van der Waals surface area contributed by atoms with Gasteiger partial charge < -0.3 is 9.47 Å². The lowest BCUT2D eigenvalue weighted by molar-refractivity contribution is -0.0673. The van der Waals surface area contributed by atoms with Gasteiger partial charge in [-0.1, -0.05) is 96.0 Å². The molecule has 2 nitrogen and oxygen atoms in total. The smallest absolute Gasteiger partial charge is 0.145 e. The summed E-state index contributed by atoms with van der Waals surface area (Å²) in [5.41, 5.74) is 7.74. The van der Waals surface area contributed by atoms with E-state index in [0.29, 0.717) is 10.0 Å². The highest BCUT2D eigenvalue weighted by molar-refractivity contribution is 6.30. The summed E-state index contributed by atoms with van der Waals surface area (Å²) in [7, 11) is 0. The summed E-state index contributed by atoms with van der Waals surface area (Å²) in [5, 5.41) is 3.78. The minimum absolute atomic E-state index is 0.171. The zero-order valence-corrected chi connectivity index (χ0v) is 21.6. The van der Waals surface area contributed by atoms with E-state index >= 15 is 0 Å². The van der Waals surface area contributed by atoms with Gasteiger partial charge in [-0.05, 0) is 69.4 Å². The Morgan fingerprint density at radius 2 is 0.947 bits per heavy atom. The van der Waals surface area contributed by atoms with Gasteiger partial charge in [-0.3, -0.25) is 0 Å². The van der Waals surface area contributed by atoms with E-state index in [0.717, 1.165) is 11.1 Å². The van der Waals surface area contributed by atoms with Crippen molar-refractivity contribution >= 4 is 34.0 Å². The van der Waals surface area contributed by atoms with Crippen molar-refractivity contribution in [1.82, 2.24) is 0 Å². The standard InChI is InChI=1S/C34H20Cl2O2/c35-23-13-9-21(10-14-23)33-27-17-19-5-1-2-6-20(19)18-28(27)34(38-33,22-11-15-24(36)16-12-22)30-29(33)31-25-7-3-4-8-26(25)32(30)37-31/h1-18,31-32H. The molecule has 4 unspecified atom stereocenters. The average molecular weight is 531 g/mol. The van der Waals surface area contributed by atoms with Crippen LogP contribution in [0.25, 0.3) is 10.8 Å². The summed E-state index contributed by atoms with van der Waals surface area (Å²) >= 11 is 12.8. The third-order valence-electron chi connectivity index (χ3n) is 8.86. The number of hydrogen-bond acceptors (Lipinski definition) is 2. The van der Waals surface area contributed by atoms with Gasteiger partial charge in [-0.15, -0.1) is 0 Å². The normalized spacial score (nSPS) is 27.6. The van der Waals surface area contributed by atoms with Crippen molar-refractivity contribution in [2.24, 2.45) is 0 Å². The second kappa shape index (κ2) is 7.16. The van der Waals surface area contributed by atoms with Crippen LogP contribution in [0.3, 0.4) is 0 Å². The number of ether oxygens (including phenoxy) is 2. The van der Waals surface area contributed by atoms with Crippen LogP contribution in [-0.2, 0) is 20.7 Å². The monoisotopic (exact) mass is 530 g/mol. The first kappa shape index (κ1) is 21.5. The molecule has 0 radical (unpaired) electrons. The van der Waals surface area contributed by atoms with Crippen LogP contribution in [0.15, 0.2) is 120 Å². The van der Waals surface area contributed by atoms with Crippen LogP contribution >= 0.6 is 23.2 Å². The van der Waals surface area contributed by atoms with Crippen molar-refractivity contribution in [3.63, 3.8) is 0 Å². The minimum atomic E-state index is -0.800. The van der Waals surface area contributed by atoms with E-state index in [9.17, 15) is 0 Å². The fourth-order valence-electron chi connectivity index (χ4n) is 7.42. The summed E-state index contributed by atoms with van der Waals surface area (Å²) in [6.07, 6.45) is -0.341. The number of fused-ring (bicyclic) bond motifs is 15. The second-order valence-corrected chi connectivity index (χ2v) is 11.4. The maximum absolute atomic E-state index is 7.58. The molecule has 0 amide bonds. The van der Waals surface area contributed by atoms with Crippen LogP contribution < -0.4 is 0 Å². The molecular formula is C34H20Cl2O2. The SMILES string of the molecule is Clc1ccc(C23OC(c4ccc(Cl)cc4)(C4=C2C2OC4c4ccccc42)c2cc4ccccc4cc23)cc1. The highest BCUT2D eigenvalue weighted by Gasteiger charge is 2.72. The van der Waals surface area contributed by atoms with Crippen LogP contribution in [0.2, 0.25) is 10.0 Å². The fourth-order valence-corrected chi connectivity index (χ4v) is 7.67. The molecule has 9 rings (SSSR count). The predicted octanol–water partition coefficient (Wildman–Crippen LogP) is 8.80. The van der Waals surface area contributed by atoms with Gasteiger partial charge in [0.1, 0.15) is 23.4 Å². The first-order valence-corrected chi connectivity index (χ1v) is 13.6. The molecule has 4 heteroatoms. The molecule has 0 saturated carbocycles. The molecule has 0 saturated heterocycles. The molecule has 38 heavy (non-hydrogen) atoms. The Morgan fingerprint density at radius 3 is 1.39 bits per heavy atom. The first-order valence-electron chi connectivity index (χ1n) is 12.9. The molecule has 0 fully saturated rings. The molecule has 4 aliphatic rings. The van der Waals surface area contributed by atoms with E-state index in [-0.39, 0.29) is 12.2 Å². The number of benzene rings is 5. The largest absolute Gasteiger partial charge is 0.356 e. The first-order chi connectivity index (χ1) is 18.6. The van der Waals surface area contributed by atoms with Crippen LogP contribution in [-0.4, -0.2) is 0 Å². The summed E-state index contributed by atoms with van der Waals surface area (Å²) < 4.78 is 14.4. The van der Waals surface area contributed by atoms with Crippen LogP contribution in [0.4, 0.5) is 0 Å². The molecule has 5 aromatic rings. The van der Waals surface area contributed by atoms with Crippen LogP contribution in [0, 0.1) is 0 Å². The minimum Gasteiger partial charge on any atom is -0.356 e. The lowest BCUT2D eigenvalue weighted by Crippen LogP contribution is -2.31. The van der Waals surface area contributed by atoms with Crippen LogP contribution in [0.1, 0.15) is 45.6 Å². The van der Waals surface area contributed by atoms with Gasteiger partial charge in [0, 0.05) is 32.3 Å². The second-order valence-electron chi connectivity index (χ2n) is 10.6. The summed E-state index contributed by atoms with van der Waals surface area (Å²) in [4.78, 5) is 0. The van der Waals surface area contributed by atoms with Gasteiger partial charge in [0.2, 0.25) is 0 Å². The van der Waals surface area contributed by atoms with Gasteiger partial charge in [-0.25, -0.2) is 0 Å². The van der Waals surface area contributed by atoms with Crippen molar-refractivity contribution in [2.75, 3.05) is 0 Å². The van der Waals surface area contributed by atoms with E-state index in [1.165, 1.54) is 44.2 Å². The zero-order valence-electron chi connectivity index (χ0n) is 20.1. The quantitative estimate of drug-likeness (QED) is 0.212. The fraction of sp³-hybridized carbons (Fsp3) is 0.118. The molecular weight excluding hydrogens is 511 g/mol. The van der Waals surface area contributed by atoms with E-state index in [2.05, 4.69) is 84.9 Å². The lowest BCUT2D eigenvalue weighted by atomic mass is 9.63. The maximum Gasteiger partial charge on any atom is 0.145 e. The van der Waals surface area contributed by atoms with E-state index in [1.807, 2.05) is 24.3 Å². The molecule has 0 spiro atoms. The van der Waals surface area contributed by atoms with Gasteiger partial charge in [0.15, 0.2) is 0 Å². The van der Waals surface area contributed by atoms with E-state index < -0.39 is 11.2 Å². The summed E-state index contributed by atoms with van der Waals surface area (Å²) in [6, 6.07) is 38.0. The molecule has 5 aromatic carbocycles. The molecule has 4 heterocycles. The Morgan fingerprint density at radius 1 is 0.526 bits per heavy atom. The lowest BCUT2D eigenvalue weighted by Gasteiger charge is -2.34. The van der Waals surface area contributed by atoms with Gasteiger partial charge in [0.05, 0.1) is 0 Å². The van der Waals surface area contributed by atoms with Crippen molar-refractivity contribution in [3.05, 3.63) is 164 Å². The van der Waals surface area contributed by atoms with Gasteiger partial charge >= 0.3 is 0 Å². The Bertz CT molecular complexity index is 1720. The number of rotatable bonds is 2. The summed E-state index contributed by atoms with van der Waals surface area (Å²) in [6.45, 7) is 0. The molecule has 4 aliphatic heterocycles. The van der Waals surface area contributed by atoms with Gasteiger partial charge in [-0.2, -0.15) is 0 Å². The van der Waals surface area contributed by atoms with E-state index in [4.69, 9.17) is 32.7 Å². The van der Waals surface area contributed by atoms with Crippen molar-refractivity contribution in [1.29, 1.82) is 0 Å². The molecule has 4 bridgehead atoms. The number of halogens is 2. The Kier molecular flexibility index (Phi) is 4.06. The van der Waals surface area contributed by atoms with Crippen molar-refractivity contribution < 1.29 is 9.47 Å². The Labute approximate surface area is 230 Å². The molecule has 0 aliphatic carbocycles. The van der Waals surface area contributed by atoms with E-state index in [1.54, 1.807) is 0 Å². The third kappa shape index (κ3) is 2.39. The highest BCUT2D eigenvalue weighted by Crippen LogP contribution is 2.75. The molecule has 0 aromatic heterocycles. The average Bonchev–Trinajstić information content (AvgIpc) is 3.68. The Hall–Kier alpha value is -3.40. The number of hydrogen-bond donors (Lipinski definition) is 0. The molecule has 4 atom stereocenters. The predicted molar refractivity (Wildman–Crippen MR) is 150 cm³/mol. The van der Waals surface area contributed by atoms with Gasteiger partial charge in [0.25, 0.3) is 0 Å². The maximum atomic E-state index is 7.58. The highest BCUT2D eigenvalue weighted by atomic mass is 35.5. The summed E-state index contributed by atoms with van der Waals surface area (Å²) in [5.74, 6) is 0. The topological polar surface area (TPSA) is 18.5 Å². The Balaban J connectivity index is 1.45. The molecule has 0 N–H and O–H groups in total. The van der Waals surface area contributed by atoms with Crippen molar-refractivity contribution in [3.8, 4) is 0 Å². The molecule has 182 valence electrons. The third-order valence-corrected chi connectivity index (χ3v) is 9.36. The van der Waals surface area contributed by atoms with Crippen LogP contribution in [0.5, 0.6) is 0 Å². The zero-order chi connectivity index (χ0) is 25.2. The van der Waals surface area contributed by atoms with Crippen molar-refractivity contribution in [2.45, 2.75) is 23.4 Å².